The summed E-state index contributed by atoms with van der Waals surface area (Å²) in [6.07, 6.45) is 1.04. The molecule has 4 heteroatoms. The van der Waals surface area contributed by atoms with Crippen LogP contribution < -0.4 is 10.5 Å². The van der Waals surface area contributed by atoms with Crippen molar-refractivity contribution in [1.29, 1.82) is 0 Å². The first kappa shape index (κ1) is 12.7. The third-order valence-electron chi connectivity index (χ3n) is 3.42. The Morgan fingerprint density at radius 2 is 2.17 bits per heavy atom. The van der Waals surface area contributed by atoms with Crippen LogP contribution in [0.25, 0.3) is 0 Å². The molecule has 0 aromatic heterocycles. The molecular weight excluding hydrogens is 228 g/mol. The summed E-state index contributed by atoms with van der Waals surface area (Å²) in [5.74, 6) is 0.571. The summed E-state index contributed by atoms with van der Waals surface area (Å²) in [5.41, 5.74) is 7.09. The van der Waals surface area contributed by atoms with Crippen LogP contribution >= 0.6 is 0 Å². The molecule has 0 saturated carbocycles. The summed E-state index contributed by atoms with van der Waals surface area (Å²) in [6, 6.07) is 5.16. The van der Waals surface area contributed by atoms with Crippen molar-refractivity contribution in [3.63, 3.8) is 0 Å². The highest BCUT2D eigenvalue weighted by atomic mass is 16.5. The quantitative estimate of drug-likeness (QED) is 0.816. The fraction of sp³-hybridized carbons (Fsp3) is 0.500. The third-order valence-corrected chi connectivity index (χ3v) is 3.42. The molecule has 18 heavy (non-hydrogen) atoms. The minimum Gasteiger partial charge on any atom is -0.496 e. The van der Waals surface area contributed by atoms with E-state index in [9.17, 15) is 4.79 Å². The molecule has 0 aliphatic carbocycles. The number of nitrogens with zero attached hydrogens (tertiary/aromatic N) is 1. The largest absolute Gasteiger partial charge is 0.496 e. The van der Waals surface area contributed by atoms with Crippen LogP contribution in [0.15, 0.2) is 18.2 Å². The molecule has 2 rings (SSSR count). The number of nitrogen functional groups attached to an aromatic ring is 1. The van der Waals surface area contributed by atoms with Gasteiger partial charge in [0.15, 0.2) is 0 Å². The lowest BCUT2D eigenvalue weighted by molar-refractivity contribution is 0.0775. The van der Waals surface area contributed by atoms with E-state index in [1.807, 2.05) is 4.90 Å². The number of methoxy groups -OCH3 is 1. The van der Waals surface area contributed by atoms with Gasteiger partial charge in [0.25, 0.3) is 5.91 Å². The fourth-order valence-electron chi connectivity index (χ4n) is 2.34. The highest BCUT2D eigenvalue weighted by Gasteiger charge is 2.33. The first-order chi connectivity index (χ1) is 8.43. The number of hydrogen-bond acceptors (Lipinski definition) is 3. The second-order valence-corrected chi connectivity index (χ2v) is 5.60. The SMILES string of the molecule is COc1cc(N)ccc1C(=O)N1CCC(C)(C)C1. The Hall–Kier alpha value is -1.71. The topological polar surface area (TPSA) is 55.6 Å². The van der Waals surface area contributed by atoms with Crippen molar-refractivity contribution in [1.82, 2.24) is 4.90 Å². The molecule has 0 unspecified atom stereocenters. The molecule has 0 spiro atoms. The molecule has 0 atom stereocenters. The van der Waals surface area contributed by atoms with E-state index in [1.54, 1.807) is 25.3 Å². The summed E-state index contributed by atoms with van der Waals surface area (Å²) in [6.45, 7) is 5.96. The van der Waals surface area contributed by atoms with Gasteiger partial charge in [0, 0.05) is 24.8 Å². The van der Waals surface area contributed by atoms with Crippen LogP contribution in [-0.2, 0) is 0 Å². The zero-order valence-electron chi connectivity index (χ0n) is 11.2. The van der Waals surface area contributed by atoms with E-state index in [0.29, 0.717) is 17.0 Å². The number of benzene rings is 1. The van der Waals surface area contributed by atoms with E-state index < -0.39 is 0 Å². The van der Waals surface area contributed by atoms with Crippen molar-refractivity contribution in [2.75, 3.05) is 25.9 Å². The maximum atomic E-state index is 12.4. The molecule has 1 aliphatic heterocycles. The molecule has 2 N–H and O–H groups in total. The lowest BCUT2D eigenvalue weighted by atomic mass is 9.93. The number of anilines is 1. The van der Waals surface area contributed by atoms with Gasteiger partial charge in [0.05, 0.1) is 12.7 Å². The molecular formula is C14H20N2O2. The summed E-state index contributed by atoms with van der Waals surface area (Å²) in [7, 11) is 1.56. The third kappa shape index (κ3) is 2.42. The van der Waals surface area contributed by atoms with Crippen LogP contribution in [0.1, 0.15) is 30.6 Å². The van der Waals surface area contributed by atoms with Gasteiger partial charge in [-0.2, -0.15) is 0 Å². The van der Waals surface area contributed by atoms with E-state index in [4.69, 9.17) is 10.5 Å². The predicted octanol–water partition coefficient (Wildman–Crippen LogP) is 2.15. The number of ether oxygens (including phenoxy) is 1. The lowest BCUT2D eigenvalue weighted by Gasteiger charge is -2.20. The van der Waals surface area contributed by atoms with E-state index >= 15 is 0 Å². The maximum absolute atomic E-state index is 12.4. The molecule has 4 nitrogen and oxygen atoms in total. The van der Waals surface area contributed by atoms with Gasteiger partial charge in [0.1, 0.15) is 5.75 Å². The number of carbonyl (C=O) groups excluding carboxylic acids is 1. The Morgan fingerprint density at radius 3 is 2.72 bits per heavy atom. The van der Waals surface area contributed by atoms with Gasteiger partial charge >= 0.3 is 0 Å². The zero-order chi connectivity index (χ0) is 13.3. The van der Waals surface area contributed by atoms with E-state index in [-0.39, 0.29) is 11.3 Å². The van der Waals surface area contributed by atoms with Crippen LogP contribution in [0.3, 0.4) is 0 Å². The predicted molar refractivity (Wildman–Crippen MR) is 71.7 cm³/mol. The van der Waals surface area contributed by atoms with Gasteiger partial charge in [0.2, 0.25) is 0 Å². The van der Waals surface area contributed by atoms with Gasteiger partial charge in [-0.05, 0) is 24.0 Å². The minimum atomic E-state index is 0.0254. The van der Waals surface area contributed by atoms with Crippen molar-refractivity contribution >= 4 is 11.6 Å². The number of likely N-dealkylation sites (tertiary alicyclic amines) is 1. The van der Waals surface area contributed by atoms with Gasteiger partial charge in [-0.3, -0.25) is 4.79 Å². The smallest absolute Gasteiger partial charge is 0.257 e. The Morgan fingerprint density at radius 1 is 1.44 bits per heavy atom. The standard InChI is InChI=1S/C14H20N2O2/c1-14(2)6-7-16(9-14)13(17)11-5-4-10(15)8-12(11)18-3/h4-5,8H,6-7,9,15H2,1-3H3. The molecule has 0 radical (unpaired) electrons. The van der Waals surface area contributed by atoms with Crippen LogP contribution in [0, 0.1) is 5.41 Å². The molecule has 1 amide bonds. The first-order valence-electron chi connectivity index (χ1n) is 6.16. The van der Waals surface area contributed by atoms with Crippen LogP contribution in [-0.4, -0.2) is 31.0 Å². The van der Waals surface area contributed by atoms with Gasteiger partial charge < -0.3 is 15.4 Å². The van der Waals surface area contributed by atoms with Crippen molar-refractivity contribution in [3.05, 3.63) is 23.8 Å². The Balaban J connectivity index is 2.24. The monoisotopic (exact) mass is 248 g/mol. The Bertz CT molecular complexity index is 469. The zero-order valence-corrected chi connectivity index (χ0v) is 11.2. The number of hydrogen-bond donors (Lipinski definition) is 1. The lowest BCUT2D eigenvalue weighted by Crippen LogP contribution is -2.30. The number of amides is 1. The molecule has 1 aromatic rings. The highest BCUT2D eigenvalue weighted by Crippen LogP contribution is 2.31. The van der Waals surface area contributed by atoms with Gasteiger partial charge in [-0.15, -0.1) is 0 Å². The van der Waals surface area contributed by atoms with Crippen LogP contribution in [0.5, 0.6) is 5.75 Å². The normalized spacial score (nSPS) is 17.8. The summed E-state index contributed by atoms with van der Waals surface area (Å²) in [5, 5.41) is 0. The summed E-state index contributed by atoms with van der Waals surface area (Å²) >= 11 is 0. The average Bonchev–Trinajstić information content (AvgIpc) is 2.68. The van der Waals surface area contributed by atoms with Crippen molar-refractivity contribution in [2.24, 2.45) is 5.41 Å². The molecule has 1 aromatic carbocycles. The summed E-state index contributed by atoms with van der Waals surface area (Å²) in [4.78, 5) is 14.3. The second kappa shape index (κ2) is 4.52. The highest BCUT2D eigenvalue weighted by molar-refractivity contribution is 5.97. The molecule has 0 bridgehead atoms. The van der Waals surface area contributed by atoms with Crippen molar-refractivity contribution < 1.29 is 9.53 Å². The number of nitrogens with two attached hydrogens (primary N) is 1. The fourth-order valence-corrected chi connectivity index (χ4v) is 2.34. The molecule has 1 aliphatic rings. The Kier molecular flexibility index (Phi) is 3.20. The van der Waals surface area contributed by atoms with E-state index in [0.717, 1.165) is 19.5 Å². The maximum Gasteiger partial charge on any atom is 0.257 e. The first-order valence-corrected chi connectivity index (χ1v) is 6.16. The molecule has 98 valence electrons. The molecule has 1 saturated heterocycles. The molecule has 1 fully saturated rings. The average molecular weight is 248 g/mol. The minimum absolute atomic E-state index is 0.0254. The van der Waals surface area contributed by atoms with E-state index in [1.165, 1.54) is 0 Å². The van der Waals surface area contributed by atoms with Gasteiger partial charge in [-0.1, -0.05) is 13.8 Å². The van der Waals surface area contributed by atoms with Gasteiger partial charge in [-0.25, -0.2) is 0 Å². The van der Waals surface area contributed by atoms with Crippen LogP contribution in [0.4, 0.5) is 5.69 Å². The van der Waals surface area contributed by atoms with Crippen molar-refractivity contribution in [3.8, 4) is 5.75 Å². The number of carbonyl (C=O) groups is 1. The van der Waals surface area contributed by atoms with E-state index in [2.05, 4.69) is 13.8 Å². The molecule has 1 heterocycles. The Labute approximate surface area is 108 Å². The number of rotatable bonds is 2. The summed E-state index contributed by atoms with van der Waals surface area (Å²) < 4.78 is 5.23. The van der Waals surface area contributed by atoms with Crippen molar-refractivity contribution in [2.45, 2.75) is 20.3 Å². The second-order valence-electron chi connectivity index (χ2n) is 5.60. The van der Waals surface area contributed by atoms with Crippen LogP contribution in [0.2, 0.25) is 0 Å².